The second-order valence-electron chi connectivity index (χ2n) is 6.50. The Morgan fingerprint density at radius 1 is 0.840 bits per heavy atom. The third kappa shape index (κ3) is 4.16. The zero-order valence-corrected chi connectivity index (χ0v) is 14.8. The molecule has 1 N–H and O–H groups in total. The minimum absolute atomic E-state index is 0.0316. The number of sulfonamides is 1. The summed E-state index contributed by atoms with van der Waals surface area (Å²) in [5.74, 6) is -0.846. The van der Waals surface area contributed by atoms with E-state index in [1.54, 1.807) is 0 Å². The van der Waals surface area contributed by atoms with Crippen LogP contribution in [0.4, 0.5) is 5.69 Å². The molecular weight excluding hydrogens is 340 g/mol. The number of rotatable bonds is 4. The molecule has 1 aliphatic heterocycles. The molecule has 6 nitrogen and oxygen atoms in total. The Bertz CT molecular complexity index is 758. The molecule has 1 aromatic carbocycles. The van der Waals surface area contributed by atoms with E-state index in [0.29, 0.717) is 5.69 Å². The number of nitrogens with zero attached hydrogens (tertiary/aromatic N) is 1. The van der Waals surface area contributed by atoms with Crippen LogP contribution in [-0.4, -0.2) is 26.3 Å². The fraction of sp³-hybridized carbons (Fsp3) is 0.444. The number of benzene rings is 1. The Balaban J connectivity index is 1.72. The van der Waals surface area contributed by atoms with E-state index in [4.69, 9.17) is 0 Å². The van der Waals surface area contributed by atoms with Gasteiger partial charge in [0.25, 0.3) is 11.8 Å². The Labute approximate surface area is 148 Å². The van der Waals surface area contributed by atoms with E-state index in [1.165, 1.54) is 42.8 Å². The molecule has 0 bridgehead atoms. The van der Waals surface area contributed by atoms with Crippen molar-refractivity contribution in [2.24, 2.45) is 0 Å². The minimum atomic E-state index is -3.61. The number of carbonyl (C=O) groups excluding carboxylic acids is 2. The maximum atomic E-state index is 12.6. The van der Waals surface area contributed by atoms with Gasteiger partial charge in [-0.1, -0.05) is 32.1 Å². The summed E-state index contributed by atoms with van der Waals surface area (Å²) >= 11 is 0. The standard InChI is InChI=1S/C18H22N2O4S/c21-17-12-13-18(22)20(17)15-8-10-16(11-9-15)25(23,24)19-14-6-4-2-1-3-5-7-14/h8-14,19H,1-7H2. The number of imide groups is 1. The molecule has 0 unspecified atom stereocenters. The van der Waals surface area contributed by atoms with Crippen molar-refractivity contribution >= 4 is 27.5 Å². The van der Waals surface area contributed by atoms with E-state index in [0.717, 1.165) is 43.4 Å². The molecule has 1 aliphatic carbocycles. The van der Waals surface area contributed by atoms with Gasteiger partial charge >= 0.3 is 0 Å². The van der Waals surface area contributed by atoms with Crippen LogP contribution in [0.5, 0.6) is 0 Å². The van der Waals surface area contributed by atoms with Crippen molar-refractivity contribution in [1.82, 2.24) is 4.72 Å². The normalized spacial score (nSPS) is 19.9. The first-order chi connectivity index (χ1) is 12.0. The molecule has 0 aromatic heterocycles. The van der Waals surface area contributed by atoms with E-state index >= 15 is 0 Å². The van der Waals surface area contributed by atoms with Gasteiger partial charge in [-0.15, -0.1) is 0 Å². The topological polar surface area (TPSA) is 83.6 Å². The van der Waals surface area contributed by atoms with Gasteiger partial charge in [0.2, 0.25) is 10.0 Å². The number of hydrogen-bond acceptors (Lipinski definition) is 4. The average Bonchev–Trinajstić information content (AvgIpc) is 2.89. The fourth-order valence-corrected chi connectivity index (χ4v) is 4.60. The van der Waals surface area contributed by atoms with Crippen molar-refractivity contribution in [2.75, 3.05) is 4.90 Å². The molecule has 1 saturated carbocycles. The van der Waals surface area contributed by atoms with Crippen LogP contribution < -0.4 is 9.62 Å². The monoisotopic (exact) mass is 362 g/mol. The van der Waals surface area contributed by atoms with Crippen LogP contribution in [-0.2, 0) is 19.6 Å². The molecule has 3 rings (SSSR count). The lowest BCUT2D eigenvalue weighted by molar-refractivity contribution is -0.119. The molecule has 2 aliphatic rings. The van der Waals surface area contributed by atoms with E-state index in [2.05, 4.69) is 4.72 Å². The van der Waals surface area contributed by atoms with E-state index in [1.807, 2.05) is 0 Å². The summed E-state index contributed by atoms with van der Waals surface area (Å²) in [6, 6.07) is 5.79. The Morgan fingerprint density at radius 2 is 1.36 bits per heavy atom. The van der Waals surface area contributed by atoms with Crippen LogP contribution in [0.15, 0.2) is 41.3 Å². The largest absolute Gasteiger partial charge is 0.269 e. The smallest absolute Gasteiger partial charge is 0.258 e. The second-order valence-corrected chi connectivity index (χ2v) is 8.22. The Hall–Kier alpha value is -1.99. The highest BCUT2D eigenvalue weighted by atomic mass is 32.2. The molecule has 134 valence electrons. The van der Waals surface area contributed by atoms with Crippen molar-refractivity contribution in [3.63, 3.8) is 0 Å². The first kappa shape index (κ1) is 17.8. The van der Waals surface area contributed by atoms with Crippen LogP contribution in [0, 0.1) is 0 Å². The summed E-state index contributed by atoms with van der Waals surface area (Å²) in [5.41, 5.74) is 0.366. The molecule has 1 heterocycles. The lowest BCUT2D eigenvalue weighted by Crippen LogP contribution is -2.35. The zero-order chi connectivity index (χ0) is 17.9. The van der Waals surface area contributed by atoms with E-state index < -0.39 is 21.8 Å². The summed E-state index contributed by atoms with van der Waals surface area (Å²) in [7, 11) is -3.61. The van der Waals surface area contributed by atoms with Gasteiger partial charge < -0.3 is 0 Å². The molecular formula is C18H22N2O4S. The lowest BCUT2D eigenvalue weighted by atomic mass is 9.97. The predicted molar refractivity (Wildman–Crippen MR) is 94.5 cm³/mol. The summed E-state index contributed by atoms with van der Waals surface area (Å²) in [4.78, 5) is 24.5. The van der Waals surface area contributed by atoms with Crippen molar-refractivity contribution in [3.8, 4) is 0 Å². The summed E-state index contributed by atoms with van der Waals surface area (Å²) in [6.07, 6.45) is 9.73. The highest BCUT2D eigenvalue weighted by Gasteiger charge is 2.26. The highest BCUT2D eigenvalue weighted by molar-refractivity contribution is 7.89. The van der Waals surface area contributed by atoms with Crippen molar-refractivity contribution in [1.29, 1.82) is 0 Å². The minimum Gasteiger partial charge on any atom is -0.269 e. The first-order valence-electron chi connectivity index (χ1n) is 8.66. The van der Waals surface area contributed by atoms with E-state index in [-0.39, 0.29) is 10.9 Å². The first-order valence-corrected chi connectivity index (χ1v) is 10.1. The maximum absolute atomic E-state index is 12.6. The summed E-state index contributed by atoms with van der Waals surface area (Å²) in [5, 5.41) is 0. The SMILES string of the molecule is O=C1C=CC(=O)N1c1ccc(S(=O)(=O)NC2CCCCCCC2)cc1. The number of anilines is 1. The van der Waals surface area contributed by atoms with Crippen LogP contribution in [0.3, 0.4) is 0 Å². The van der Waals surface area contributed by atoms with Crippen LogP contribution in [0.1, 0.15) is 44.9 Å². The Morgan fingerprint density at radius 3 is 1.92 bits per heavy atom. The molecule has 0 spiro atoms. The fourth-order valence-electron chi connectivity index (χ4n) is 3.29. The molecule has 0 radical (unpaired) electrons. The molecule has 7 heteroatoms. The van der Waals surface area contributed by atoms with Gasteiger partial charge in [0.15, 0.2) is 0 Å². The molecule has 0 saturated heterocycles. The van der Waals surface area contributed by atoms with Gasteiger partial charge in [0.1, 0.15) is 0 Å². The van der Waals surface area contributed by atoms with Gasteiger partial charge in [-0.25, -0.2) is 18.0 Å². The van der Waals surface area contributed by atoms with Gasteiger partial charge in [-0.3, -0.25) is 9.59 Å². The summed E-state index contributed by atoms with van der Waals surface area (Å²) < 4.78 is 28.0. The third-order valence-electron chi connectivity index (χ3n) is 4.64. The maximum Gasteiger partial charge on any atom is 0.258 e. The van der Waals surface area contributed by atoms with Gasteiger partial charge in [0, 0.05) is 18.2 Å². The number of hydrogen-bond donors (Lipinski definition) is 1. The zero-order valence-electron chi connectivity index (χ0n) is 14.0. The van der Waals surface area contributed by atoms with Crippen LogP contribution in [0.25, 0.3) is 0 Å². The van der Waals surface area contributed by atoms with E-state index in [9.17, 15) is 18.0 Å². The second kappa shape index (κ2) is 7.49. The third-order valence-corrected chi connectivity index (χ3v) is 6.18. The average molecular weight is 362 g/mol. The lowest BCUT2D eigenvalue weighted by Gasteiger charge is -2.21. The highest BCUT2D eigenvalue weighted by Crippen LogP contribution is 2.23. The van der Waals surface area contributed by atoms with Gasteiger partial charge in [0.05, 0.1) is 10.6 Å². The van der Waals surface area contributed by atoms with Crippen molar-refractivity contribution in [3.05, 3.63) is 36.4 Å². The van der Waals surface area contributed by atoms with Crippen LogP contribution in [0.2, 0.25) is 0 Å². The van der Waals surface area contributed by atoms with Crippen LogP contribution >= 0.6 is 0 Å². The molecule has 25 heavy (non-hydrogen) atoms. The molecule has 1 aromatic rings. The van der Waals surface area contributed by atoms with Crippen molar-refractivity contribution < 1.29 is 18.0 Å². The van der Waals surface area contributed by atoms with Gasteiger partial charge in [-0.2, -0.15) is 0 Å². The molecule has 1 fully saturated rings. The van der Waals surface area contributed by atoms with Crippen molar-refractivity contribution in [2.45, 2.75) is 55.9 Å². The molecule has 2 amide bonds. The number of carbonyl (C=O) groups is 2. The Kier molecular flexibility index (Phi) is 5.34. The van der Waals surface area contributed by atoms with Gasteiger partial charge in [-0.05, 0) is 37.1 Å². The summed E-state index contributed by atoms with van der Waals surface area (Å²) in [6.45, 7) is 0. The quantitative estimate of drug-likeness (QED) is 0.834. The number of amides is 2. The predicted octanol–water partition coefficient (Wildman–Crippen LogP) is 2.51. The number of nitrogens with one attached hydrogen (secondary N) is 1. The molecule has 0 atom stereocenters.